The van der Waals surface area contributed by atoms with Gasteiger partial charge in [-0.2, -0.15) is 0 Å². The van der Waals surface area contributed by atoms with E-state index < -0.39 is 0 Å². The molecule has 0 fully saturated rings. The van der Waals surface area contributed by atoms with E-state index in [0.717, 1.165) is 65.2 Å². The van der Waals surface area contributed by atoms with Crippen LogP contribution in [-0.2, 0) is 0 Å². The van der Waals surface area contributed by atoms with E-state index in [1.165, 1.54) is 0 Å². The molecule has 0 rings (SSSR count). The normalized spacial score (nSPS) is 13.1. The molecule has 0 bridgehead atoms. The van der Waals surface area contributed by atoms with Gasteiger partial charge in [-0.05, 0) is 53.6 Å². The largest absolute Gasteiger partial charge is 0.329 e. The minimum Gasteiger partial charge on any atom is -0.329 e. The van der Waals surface area contributed by atoms with E-state index in [0.29, 0.717) is 26.2 Å². The van der Waals surface area contributed by atoms with Crippen LogP contribution in [0.2, 0.25) is 0 Å². The second-order valence-electron chi connectivity index (χ2n) is 8.86. The van der Waals surface area contributed by atoms with Crippen molar-refractivity contribution >= 4 is 0 Å². The molecule has 0 unspecified atom stereocenters. The van der Waals surface area contributed by atoms with Crippen LogP contribution in [0.3, 0.4) is 0 Å². The second-order valence-corrected chi connectivity index (χ2v) is 8.86. The molecule has 0 saturated heterocycles. The number of rotatable bonds is 19. The minimum absolute atomic E-state index is 0.0822. The van der Waals surface area contributed by atoms with Gasteiger partial charge in [0.15, 0.2) is 0 Å². The summed E-state index contributed by atoms with van der Waals surface area (Å²) in [4.78, 5) is 4.83. The van der Waals surface area contributed by atoms with Crippen molar-refractivity contribution < 1.29 is 0 Å². The first-order valence-corrected chi connectivity index (χ1v) is 11.0. The fraction of sp³-hybridized carbons (Fsp3) is 1.00. The monoisotopic (exact) mass is 402 g/mol. The van der Waals surface area contributed by atoms with Gasteiger partial charge in [-0.25, -0.2) is 0 Å². The van der Waals surface area contributed by atoms with Crippen LogP contribution in [0.15, 0.2) is 0 Å². The molecular weight excluding hydrogens is 352 g/mol. The topological polar surface area (TPSA) is 135 Å². The summed E-state index contributed by atoms with van der Waals surface area (Å²) in [7, 11) is 0. The molecule has 0 amide bonds. The third-order valence-corrected chi connectivity index (χ3v) is 5.42. The first-order valence-electron chi connectivity index (χ1n) is 11.0. The maximum atomic E-state index is 5.85. The summed E-state index contributed by atoms with van der Waals surface area (Å²) in [5, 5.41) is 7.13. The van der Waals surface area contributed by atoms with Crippen molar-refractivity contribution in [3.63, 3.8) is 0 Å². The Morgan fingerprint density at radius 3 is 1.79 bits per heavy atom. The van der Waals surface area contributed by atoms with Gasteiger partial charge in [0.05, 0.1) is 0 Å². The molecule has 10 N–H and O–H groups in total. The van der Waals surface area contributed by atoms with Gasteiger partial charge in [0.1, 0.15) is 0 Å². The van der Waals surface area contributed by atoms with Gasteiger partial charge in [0.2, 0.25) is 0 Å². The zero-order chi connectivity index (χ0) is 21.5. The smallest absolute Gasteiger partial charge is 0.0166 e. The zero-order valence-electron chi connectivity index (χ0n) is 19.1. The number of hydrogen-bond acceptors (Lipinski definition) is 8. The lowest BCUT2D eigenvalue weighted by molar-refractivity contribution is 0.112. The fourth-order valence-electron chi connectivity index (χ4n) is 3.41. The maximum absolute atomic E-state index is 5.85. The summed E-state index contributed by atoms with van der Waals surface area (Å²) in [5.41, 5.74) is 23.0. The van der Waals surface area contributed by atoms with Crippen molar-refractivity contribution in [2.45, 2.75) is 51.6 Å². The van der Waals surface area contributed by atoms with Crippen molar-refractivity contribution in [2.75, 3.05) is 78.5 Å². The Bertz CT molecular complexity index is 356. The summed E-state index contributed by atoms with van der Waals surface area (Å²) in [6, 6.07) is 0. The number of hydrogen-bond donors (Lipinski definition) is 6. The molecule has 0 atom stereocenters. The van der Waals surface area contributed by atoms with Crippen LogP contribution in [0.5, 0.6) is 0 Å². The van der Waals surface area contributed by atoms with E-state index in [1.54, 1.807) is 0 Å². The highest BCUT2D eigenvalue weighted by Crippen LogP contribution is 2.19. The molecule has 28 heavy (non-hydrogen) atoms. The minimum atomic E-state index is 0.0822. The quantitative estimate of drug-likeness (QED) is 0.151. The van der Waals surface area contributed by atoms with E-state index in [9.17, 15) is 0 Å². The Hall–Kier alpha value is -0.320. The molecule has 8 nitrogen and oxygen atoms in total. The molecule has 0 heterocycles. The standard InChI is InChI=1S/C20H50N8/c1-19(2,6-14-27(15-8-22)16-9-23)26-11-5-20(3,4)28(17-10-24)18-13-25-12-7-21/h25-26H,5-18,21-24H2,1-4H3. The Labute approximate surface area is 174 Å². The van der Waals surface area contributed by atoms with Crippen LogP contribution in [0.25, 0.3) is 0 Å². The Kier molecular flexibility index (Phi) is 15.3. The first-order chi connectivity index (χ1) is 13.2. The number of nitrogens with two attached hydrogens (primary N) is 4. The van der Waals surface area contributed by atoms with Gasteiger partial charge >= 0.3 is 0 Å². The van der Waals surface area contributed by atoms with Gasteiger partial charge < -0.3 is 38.5 Å². The molecule has 0 radical (unpaired) electrons. The molecule has 0 aliphatic rings. The van der Waals surface area contributed by atoms with Gasteiger partial charge in [-0.1, -0.05) is 0 Å². The van der Waals surface area contributed by atoms with Crippen LogP contribution in [-0.4, -0.2) is 99.4 Å². The van der Waals surface area contributed by atoms with Crippen LogP contribution in [0, 0.1) is 0 Å². The van der Waals surface area contributed by atoms with Gasteiger partial charge in [-0.3, -0.25) is 4.90 Å². The van der Waals surface area contributed by atoms with E-state index in [1.807, 2.05) is 0 Å². The van der Waals surface area contributed by atoms with E-state index in [2.05, 4.69) is 48.1 Å². The molecule has 0 aromatic rings. The molecule has 0 spiro atoms. The molecule has 0 aliphatic heterocycles. The summed E-state index contributed by atoms with van der Waals surface area (Å²) in [6.07, 6.45) is 2.14. The Morgan fingerprint density at radius 2 is 1.25 bits per heavy atom. The van der Waals surface area contributed by atoms with Crippen molar-refractivity contribution in [3.8, 4) is 0 Å². The van der Waals surface area contributed by atoms with Crippen LogP contribution < -0.4 is 33.6 Å². The van der Waals surface area contributed by atoms with Crippen LogP contribution >= 0.6 is 0 Å². The SMILES string of the molecule is CC(C)(CCN(CCN)CCN)NCCC(C)(C)N(CCN)CCNCCN. The Balaban J connectivity index is 4.43. The summed E-state index contributed by atoms with van der Waals surface area (Å²) in [6.45, 7) is 19.4. The lowest BCUT2D eigenvalue weighted by atomic mass is 9.95. The van der Waals surface area contributed by atoms with Crippen molar-refractivity contribution in [3.05, 3.63) is 0 Å². The zero-order valence-corrected chi connectivity index (χ0v) is 19.1. The molecular formula is C20H50N8. The van der Waals surface area contributed by atoms with Gasteiger partial charge in [0, 0.05) is 76.5 Å². The summed E-state index contributed by atoms with van der Waals surface area (Å²) in [5.74, 6) is 0. The first kappa shape index (κ1) is 27.7. The third kappa shape index (κ3) is 13.0. The van der Waals surface area contributed by atoms with Gasteiger partial charge in [0.25, 0.3) is 0 Å². The van der Waals surface area contributed by atoms with E-state index in [-0.39, 0.29) is 11.1 Å². The highest BCUT2D eigenvalue weighted by molar-refractivity contribution is 4.86. The van der Waals surface area contributed by atoms with Gasteiger partial charge in [-0.15, -0.1) is 0 Å². The highest BCUT2D eigenvalue weighted by Gasteiger charge is 2.27. The van der Waals surface area contributed by atoms with Crippen LogP contribution in [0.4, 0.5) is 0 Å². The molecule has 0 aliphatic carbocycles. The van der Waals surface area contributed by atoms with Crippen molar-refractivity contribution in [1.29, 1.82) is 0 Å². The van der Waals surface area contributed by atoms with Crippen LogP contribution in [0.1, 0.15) is 40.5 Å². The lowest BCUT2D eigenvalue weighted by Gasteiger charge is -2.40. The predicted octanol–water partition coefficient (Wildman–Crippen LogP) is -1.06. The van der Waals surface area contributed by atoms with Crippen molar-refractivity contribution in [1.82, 2.24) is 20.4 Å². The summed E-state index contributed by atoms with van der Waals surface area (Å²) < 4.78 is 0. The maximum Gasteiger partial charge on any atom is 0.0166 e. The average molecular weight is 403 g/mol. The predicted molar refractivity (Wildman–Crippen MR) is 122 cm³/mol. The third-order valence-electron chi connectivity index (χ3n) is 5.42. The highest BCUT2D eigenvalue weighted by atomic mass is 15.2. The second kappa shape index (κ2) is 15.5. The molecule has 0 aromatic heterocycles. The number of nitrogens with one attached hydrogen (secondary N) is 2. The molecule has 0 saturated carbocycles. The molecule has 8 heteroatoms. The average Bonchev–Trinajstić information content (AvgIpc) is 2.62. The lowest BCUT2D eigenvalue weighted by Crippen LogP contribution is -2.52. The van der Waals surface area contributed by atoms with E-state index in [4.69, 9.17) is 22.9 Å². The molecule has 0 aromatic carbocycles. The number of nitrogens with zero attached hydrogens (tertiary/aromatic N) is 2. The van der Waals surface area contributed by atoms with Crippen molar-refractivity contribution in [2.24, 2.45) is 22.9 Å². The molecule has 170 valence electrons. The Morgan fingerprint density at radius 1 is 0.643 bits per heavy atom. The fourth-order valence-corrected chi connectivity index (χ4v) is 3.41. The van der Waals surface area contributed by atoms with E-state index >= 15 is 0 Å². The summed E-state index contributed by atoms with van der Waals surface area (Å²) >= 11 is 0.